The molecule has 0 saturated carbocycles. The smallest absolute Gasteiger partial charge is 0.382 e. The van der Waals surface area contributed by atoms with Gasteiger partial charge in [0.05, 0.1) is 16.3 Å². The number of hydrogen-bond acceptors (Lipinski definition) is 4. The van der Waals surface area contributed by atoms with E-state index < -0.39 is 28.7 Å². The molecule has 1 unspecified atom stereocenters. The molecule has 0 aliphatic carbocycles. The lowest BCUT2D eigenvalue weighted by Crippen LogP contribution is -2.35. The number of benzene rings is 1. The summed E-state index contributed by atoms with van der Waals surface area (Å²) in [7, 11) is -3.54. The molecule has 0 spiro atoms. The monoisotopic (exact) mass is 297 g/mol. The van der Waals surface area contributed by atoms with Crippen LogP contribution in [0.4, 0.5) is 18.9 Å². The molecule has 0 bridgehead atoms. The standard InChI is InChI=1S/C11H14F3NO3S/c1-2-19(17,18)9-6-4-3-5-8(9)15-7-10(16)11(12,13)14/h3-6,10,15-16H,2,7H2,1H3. The predicted molar refractivity (Wildman–Crippen MR) is 64.7 cm³/mol. The van der Waals surface area contributed by atoms with Gasteiger partial charge in [0.1, 0.15) is 0 Å². The van der Waals surface area contributed by atoms with Gasteiger partial charge < -0.3 is 10.4 Å². The van der Waals surface area contributed by atoms with Gasteiger partial charge >= 0.3 is 6.18 Å². The lowest BCUT2D eigenvalue weighted by molar-refractivity contribution is -0.198. The van der Waals surface area contributed by atoms with E-state index in [2.05, 4.69) is 5.32 Å². The molecule has 1 atom stereocenters. The summed E-state index contributed by atoms with van der Waals surface area (Å²) in [4.78, 5) is -0.0770. The van der Waals surface area contributed by atoms with Gasteiger partial charge in [0.2, 0.25) is 0 Å². The Balaban J connectivity index is 2.92. The van der Waals surface area contributed by atoms with E-state index in [0.717, 1.165) is 0 Å². The maximum atomic E-state index is 12.1. The Labute approximate surface area is 109 Å². The van der Waals surface area contributed by atoms with Crippen molar-refractivity contribution in [1.82, 2.24) is 0 Å². The fourth-order valence-electron chi connectivity index (χ4n) is 1.36. The van der Waals surface area contributed by atoms with E-state index in [1.165, 1.54) is 31.2 Å². The fourth-order valence-corrected chi connectivity index (χ4v) is 2.43. The van der Waals surface area contributed by atoms with Gasteiger partial charge in [-0.2, -0.15) is 13.2 Å². The molecule has 0 aromatic heterocycles. The van der Waals surface area contributed by atoms with Crippen molar-refractivity contribution in [3.63, 3.8) is 0 Å². The number of nitrogens with one attached hydrogen (secondary N) is 1. The zero-order chi connectivity index (χ0) is 14.7. The average molecular weight is 297 g/mol. The average Bonchev–Trinajstić information content (AvgIpc) is 2.35. The van der Waals surface area contributed by atoms with E-state index in [4.69, 9.17) is 5.11 Å². The quantitative estimate of drug-likeness (QED) is 0.870. The highest BCUT2D eigenvalue weighted by Gasteiger charge is 2.38. The Morgan fingerprint density at radius 1 is 1.32 bits per heavy atom. The van der Waals surface area contributed by atoms with Crippen LogP contribution in [0.25, 0.3) is 0 Å². The van der Waals surface area contributed by atoms with Crippen molar-refractivity contribution in [2.75, 3.05) is 17.6 Å². The topological polar surface area (TPSA) is 66.4 Å². The molecule has 4 nitrogen and oxygen atoms in total. The van der Waals surface area contributed by atoms with E-state index in [1.54, 1.807) is 0 Å². The van der Waals surface area contributed by atoms with E-state index >= 15 is 0 Å². The van der Waals surface area contributed by atoms with Gasteiger partial charge in [0, 0.05) is 6.54 Å². The number of para-hydroxylation sites is 1. The molecule has 8 heteroatoms. The summed E-state index contributed by atoms with van der Waals surface area (Å²) >= 11 is 0. The van der Waals surface area contributed by atoms with E-state index in [9.17, 15) is 21.6 Å². The highest BCUT2D eigenvalue weighted by atomic mass is 32.2. The Morgan fingerprint density at radius 3 is 2.42 bits per heavy atom. The van der Waals surface area contributed by atoms with E-state index in [0.29, 0.717) is 0 Å². The minimum atomic E-state index is -4.74. The lowest BCUT2D eigenvalue weighted by Gasteiger charge is -2.17. The van der Waals surface area contributed by atoms with Crippen molar-refractivity contribution in [2.24, 2.45) is 0 Å². The SMILES string of the molecule is CCS(=O)(=O)c1ccccc1NCC(O)C(F)(F)F. The van der Waals surface area contributed by atoms with Gasteiger partial charge in [-0.3, -0.25) is 0 Å². The van der Waals surface area contributed by atoms with E-state index in [1.807, 2.05) is 0 Å². The molecule has 1 rings (SSSR count). The van der Waals surface area contributed by atoms with Crippen LogP contribution >= 0.6 is 0 Å². The Hall–Kier alpha value is -1.28. The Morgan fingerprint density at radius 2 is 1.89 bits per heavy atom. The number of anilines is 1. The summed E-state index contributed by atoms with van der Waals surface area (Å²) in [5.74, 6) is -0.159. The third-order valence-electron chi connectivity index (χ3n) is 2.47. The molecule has 108 valence electrons. The van der Waals surface area contributed by atoms with Crippen LogP contribution in [0.3, 0.4) is 0 Å². The fraction of sp³-hybridized carbons (Fsp3) is 0.455. The van der Waals surface area contributed by atoms with Crippen molar-refractivity contribution < 1.29 is 26.7 Å². The summed E-state index contributed by atoms with van der Waals surface area (Å²) in [6, 6.07) is 5.64. The largest absolute Gasteiger partial charge is 0.416 e. The van der Waals surface area contributed by atoms with Crippen LogP contribution in [-0.4, -0.2) is 38.1 Å². The molecule has 0 aliphatic heterocycles. The van der Waals surface area contributed by atoms with Gasteiger partial charge in [-0.15, -0.1) is 0 Å². The number of alkyl halides is 3. The minimum Gasteiger partial charge on any atom is -0.382 e. The number of aliphatic hydroxyl groups is 1. The van der Waals surface area contributed by atoms with Crippen LogP contribution in [0.1, 0.15) is 6.92 Å². The van der Waals surface area contributed by atoms with Crippen LogP contribution in [0, 0.1) is 0 Å². The van der Waals surface area contributed by atoms with Gasteiger partial charge in [-0.25, -0.2) is 8.42 Å². The molecule has 19 heavy (non-hydrogen) atoms. The molecule has 0 saturated heterocycles. The summed E-state index contributed by atoms with van der Waals surface area (Å²) in [5, 5.41) is 11.2. The summed E-state index contributed by atoms with van der Waals surface area (Å²) < 4.78 is 59.9. The van der Waals surface area contributed by atoms with Crippen LogP contribution in [0.2, 0.25) is 0 Å². The number of rotatable bonds is 5. The zero-order valence-electron chi connectivity index (χ0n) is 10.1. The summed E-state index contributed by atoms with van der Waals surface area (Å²) in [6.45, 7) is 0.635. The van der Waals surface area contributed by atoms with Crippen molar-refractivity contribution in [3.05, 3.63) is 24.3 Å². The second kappa shape index (κ2) is 5.79. The van der Waals surface area contributed by atoms with Gasteiger partial charge in [-0.1, -0.05) is 19.1 Å². The van der Waals surface area contributed by atoms with Gasteiger partial charge in [0.15, 0.2) is 15.9 Å². The maximum absolute atomic E-state index is 12.1. The highest BCUT2D eigenvalue weighted by molar-refractivity contribution is 7.91. The molecule has 1 aromatic carbocycles. The third kappa shape index (κ3) is 4.10. The van der Waals surface area contributed by atoms with Crippen molar-refractivity contribution in [3.8, 4) is 0 Å². The van der Waals surface area contributed by atoms with Crippen molar-refractivity contribution >= 4 is 15.5 Å². The second-order valence-electron chi connectivity index (χ2n) is 3.84. The number of aliphatic hydroxyl groups excluding tert-OH is 1. The van der Waals surface area contributed by atoms with Crippen LogP contribution in [0.5, 0.6) is 0 Å². The second-order valence-corrected chi connectivity index (χ2v) is 6.08. The summed E-state index contributed by atoms with van der Waals surface area (Å²) in [6.07, 6.45) is -7.30. The lowest BCUT2D eigenvalue weighted by atomic mass is 10.3. The number of hydrogen-bond donors (Lipinski definition) is 2. The first-order chi connectivity index (χ1) is 8.68. The molecular weight excluding hydrogens is 283 g/mol. The maximum Gasteiger partial charge on any atom is 0.416 e. The highest BCUT2D eigenvalue weighted by Crippen LogP contribution is 2.24. The molecule has 0 amide bonds. The molecular formula is C11H14F3NO3S. The predicted octanol–water partition coefficient (Wildman–Crippen LogP) is 1.82. The van der Waals surface area contributed by atoms with Crippen LogP contribution < -0.4 is 5.32 Å². The van der Waals surface area contributed by atoms with E-state index in [-0.39, 0.29) is 16.3 Å². The van der Waals surface area contributed by atoms with Crippen molar-refractivity contribution in [1.29, 1.82) is 0 Å². The normalized spacial score (nSPS) is 14.2. The molecule has 0 aliphatic rings. The Kier molecular flexibility index (Phi) is 4.81. The zero-order valence-corrected chi connectivity index (χ0v) is 10.9. The molecule has 0 radical (unpaired) electrons. The number of halogens is 3. The summed E-state index contributed by atoms with van der Waals surface area (Å²) in [5.41, 5.74) is 0.0487. The van der Waals surface area contributed by atoms with Gasteiger partial charge in [0.25, 0.3) is 0 Å². The van der Waals surface area contributed by atoms with Crippen molar-refractivity contribution in [2.45, 2.75) is 24.1 Å². The number of sulfone groups is 1. The van der Waals surface area contributed by atoms with Crippen LogP contribution in [-0.2, 0) is 9.84 Å². The first kappa shape index (κ1) is 15.8. The Bertz CT molecular complexity index is 528. The molecule has 2 N–H and O–H groups in total. The minimum absolute atomic E-state index is 0.0487. The third-order valence-corrected chi connectivity index (χ3v) is 4.25. The molecule has 1 aromatic rings. The van der Waals surface area contributed by atoms with Crippen LogP contribution in [0.15, 0.2) is 29.2 Å². The molecule has 0 fully saturated rings. The first-order valence-electron chi connectivity index (χ1n) is 5.49. The molecule has 0 heterocycles. The first-order valence-corrected chi connectivity index (χ1v) is 7.14. The van der Waals surface area contributed by atoms with Gasteiger partial charge in [-0.05, 0) is 12.1 Å².